The maximum atomic E-state index is 15.0. The fraction of sp³-hybridized carbons (Fsp3) is 0.286. The summed E-state index contributed by atoms with van der Waals surface area (Å²) in [6.07, 6.45) is -7.96. The van der Waals surface area contributed by atoms with E-state index in [1.807, 2.05) is 140 Å². The molecule has 3 fully saturated rings. The SMILES string of the molecule is CC(C)(C)[Si](O[C@@H]1[C@H](OCc2ccccc2)[C@@H](Sc2ccccc2)O[C@H](CO[C@@H]2O[C@@H]3CO[C@@H](c4ccccc4)O[C@H]3[C@H](OCc3ccccc3)[C@H]2N2C(=O)c3ccccc3C2=O)[C@H]1OCc1ccccc1)(c1ccccc1)c1ccccc1. The maximum Gasteiger partial charge on any atom is 0.262 e. The predicted octanol–water partition coefficient (Wildman–Crippen LogP) is 11.7. The average molecular weight is 1160 g/mol. The van der Waals surface area contributed by atoms with E-state index < -0.39 is 92.0 Å². The number of nitrogens with zero attached hydrogens (tertiary/aromatic N) is 1. The van der Waals surface area contributed by atoms with Gasteiger partial charge in [0.2, 0.25) is 0 Å². The summed E-state index contributed by atoms with van der Waals surface area (Å²) in [7, 11) is -3.43. The molecule has 84 heavy (non-hydrogen) atoms. The molecule has 4 heterocycles. The van der Waals surface area contributed by atoms with Crippen LogP contribution in [-0.2, 0) is 62.1 Å². The van der Waals surface area contributed by atoms with Gasteiger partial charge in [0.05, 0.1) is 44.2 Å². The van der Waals surface area contributed by atoms with Crippen molar-refractivity contribution >= 4 is 42.3 Å². The lowest BCUT2D eigenvalue weighted by Crippen LogP contribution is -2.72. The smallest absolute Gasteiger partial charge is 0.262 e. The van der Waals surface area contributed by atoms with E-state index in [-0.39, 0.29) is 44.2 Å². The molecule has 0 aliphatic carbocycles. The van der Waals surface area contributed by atoms with Crippen LogP contribution in [0.5, 0.6) is 0 Å². The summed E-state index contributed by atoms with van der Waals surface area (Å²) in [5.74, 6) is -0.989. The second-order valence-corrected chi connectivity index (χ2v) is 28.0. The number of rotatable bonds is 20. The summed E-state index contributed by atoms with van der Waals surface area (Å²) in [6, 6.07) is 76.6. The van der Waals surface area contributed by atoms with Crippen LogP contribution >= 0.6 is 11.8 Å². The van der Waals surface area contributed by atoms with E-state index >= 15 is 9.59 Å². The van der Waals surface area contributed by atoms with Gasteiger partial charge < -0.3 is 42.3 Å². The highest BCUT2D eigenvalue weighted by Crippen LogP contribution is 2.45. The summed E-state index contributed by atoms with van der Waals surface area (Å²) in [5, 5.41) is 1.71. The number of hydrogen-bond donors (Lipinski definition) is 0. The molecule has 3 saturated heterocycles. The first-order chi connectivity index (χ1) is 41.1. The summed E-state index contributed by atoms with van der Waals surface area (Å²) in [4.78, 5) is 32.2. The van der Waals surface area contributed by atoms with Gasteiger partial charge in [-0.05, 0) is 56.4 Å². The van der Waals surface area contributed by atoms with Crippen LogP contribution in [0.4, 0.5) is 0 Å². The first kappa shape index (κ1) is 57.5. The van der Waals surface area contributed by atoms with E-state index in [2.05, 4.69) is 93.6 Å². The molecule has 0 N–H and O–H groups in total. The average Bonchev–Trinajstić information content (AvgIpc) is 1.64. The third kappa shape index (κ3) is 12.3. The fourth-order valence-corrected chi connectivity index (χ4v) is 17.9. The van der Waals surface area contributed by atoms with Gasteiger partial charge in [-0.1, -0.05) is 245 Å². The summed E-state index contributed by atoms with van der Waals surface area (Å²) >= 11 is 1.55. The molecule has 0 spiro atoms. The van der Waals surface area contributed by atoms with Gasteiger partial charge in [0.15, 0.2) is 12.6 Å². The van der Waals surface area contributed by atoms with E-state index in [0.29, 0.717) is 0 Å². The van der Waals surface area contributed by atoms with Crippen LogP contribution in [-0.4, -0.2) is 98.7 Å². The number of hydrogen-bond acceptors (Lipinski definition) is 12. The molecule has 12 nitrogen and oxygen atoms in total. The lowest BCUT2D eigenvalue weighted by atomic mass is 9.93. The third-order valence-electron chi connectivity index (χ3n) is 16.1. The minimum absolute atomic E-state index is 0.0947. The maximum absolute atomic E-state index is 15.0. The Balaban J connectivity index is 0.985. The molecule has 8 aromatic carbocycles. The van der Waals surface area contributed by atoms with Crippen LogP contribution in [0, 0.1) is 0 Å². The highest BCUT2D eigenvalue weighted by Gasteiger charge is 2.60. The van der Waals surface area contributed by atoms with Gasteiger partial charge in [0, 0.05) is 10.5 Å². The highest BCUT2D eigenvalue weighted by molar-refractivity contribution is 7.99. The van der Waals surface area contributed by atoms with Crippen LogP contribution in [0.1, 0.15) is 70.0 Å². The molecule has 12 rings (SSSR count). The Morgan fingerprint density at radius 1 is 0.500 bits per heavy atom. The Kier molecular flexibility index (Phi) is 17.9. The molecule has 430 valence electrons. The zero-order valence-electron chi connectivity index (χ0n) is 47.2. The van der Waals surface area contributed by atoms with E-state index in [1.165, 1.54) is 4.90 Å². The minimum Gasteiger partial charge on any atom is -0.399 e. The number of amides is 2. The fourth-order valence-electron chi connectivity index (χ4n) is 12.1. The van der Waals surface area contributed by atoms with Crippen molar-refractivity contribution in [3.05, 3.63) is 270 Å². The number of ether oxygens (including phenoxy) is 8. The van der Waals surface area contributed by atoms with Gasteiger partial charge in [-0.3, -0.25) is 14.5 Å². The van der Waals surface area contributed by atoms with Gasteiger partial charge >= 0.3 is 0 Å². The summed E-state index contributed by atoms with van der Waals surface area (Å²) in [6.45, 7) is 7.32. The van der Waals surface area contributed by atoms with Crippen molar-refractivity contribution in [1.82, 2.24) is 4.90 Å². The standard InChI is InChI=1S/C70H69NO11SSi/c1-70(2,3)84(53-37-21-9-22-38-53,54-39-23-10-24-40-54)82-63-60(74-43-48-27-11-4-12-28-48)57(80-69(83-52-35-19-8-20-36-52)64(63)76-45-50-31-15-6-16-32-50)46-78-68-59(71-65(72)55-41-25-26-42-56(55)66(71)73)62(75-44-49-29-13-5-14-30-49)61-58(79-68)47-77-67(81-61)51-33-17-7-18-34-51/h4-42,57-64,67-69H,43-47H2,1-3H3/t57-,58-,59-,60-,61-,62-,63+,64+,67-,68-,69-/m1/s1. The Morgan fingerprint density at radius 2 is 0.952 bits per heavy atom. The molecule has 0 radical (unpaired) electrons. The summed E-state index contributed by atoms with van der Waals surface area (Å²) < 4.78 is 65.3. The Bertz CT molecular complexity index is 3330. The molecule has 0 unspecified atom stereocenters. The number of carbonyl (C=O) groups excluding carboxylic acids is 2. The first-order valence-corrected chi connectivity index (χ1v) is 31.6. The van der Waals surface area contributed by atoms with Crippen molar-refractivity contribution in [3.8, 4) is 0 Å². The molecule has 2 amide bonds. The second-order valence-electron chi connectivity index (χ2n) is 22.6. The Hall–Kier alpha value is -6.89. The molecular weight excluding hydrogens is 1090 g/mol. The predicted molar refractivity (Wildman–Crippen MR) is 324 cm³/mol. The topological polar surface area (TPSA) is 120 Å². The number of benzene rings is 8. The Labute approximate surface area is 497 Å². The molecule has 0 bridgehead atoms. The van der Waals surface area contributed by atoms with Crippen molar-refractivity contribution in [2.45, 2.75) is 117 Å². The summed E-state index contributed by atoms with van der Waals surface area (Å²) in [5.41, 5.74) is 3.46. The second kappa shape index (κ2) is 26.2. The van der Waals surface area contributed by atoms with Crippen LogP contribution < -0.4 is 10.4 Å². The number of carbonyl (C=O) groups is 2. The quantitative estimate of drug-likeness (QED) is 0.0534. The highest BCUT2D eigenvalue weighted by atomic mass is 32.2. The van der Waals surface area contributed by atoms with E-state index in [9.17, 15) is 0 Å². The zero-order chi connectivity index (χ0) is 57.5. The van der Waals surface area contributed by atoms with Crippen molar-refractivity contribution < 1.29 is 51.9 Å². The van der Waals surface area contributed by atoms with E-state index in [0.717, 1.165) is 37.5 Å². The molecule has 8 aromatic rings. The van der Waals surface area contributed by atoms with Crippen molar-refractivity contribution in [1.29, 1.82) is 0 Å². The van der Waals surface area contributed by atoms with Gasteiger partial charge in [0.25, 0.3) is 20.1 Å². The van der Waals surface area contributed by atoms with Gasteiger partial charge in [0.1, 0.15) is 54.2 Å². The molecule has 0 aromatic heterocycles. The lowest BCUT2D eigenvalue weighted by molar-refractivity contribution is -0.358. The van der Waals surface area contributed by atoms with Gasteiger partial charge in [-0.2, -0.15) is 0 Å². The van der Waals surface area contributed by atoms with Crippen molar-refractivity contribution in [2.75, 3.05) is 13.2 Å². The first-order valence-electron chi connectivity index (χ1n) is 28.8. The van der Waals surface area contributed by atoms with Gasteiger partial charge in [-0.15, -0.1) is 0 Å². The molecule has 4 aliphatic heterocycles. The van der Waals surface area contributed by atoms with Crippen molar-refractivity contribution in [3.63, 3.8) is 0 Å². The number of fused-ring (bicyclic) bond motifs is 2. The monoisotopic (exact) mass is 1160 g/mol. The normalized spacial score (nSPS) is 25.2. The molecular formula is C70H69NO11SSi. The van der Waals surface area contributed by atoms with E-state index in [1.54, 1.807) is 36.0 Å². The van der Waals surface area contributed by atoms with Crippen molar-refractivity contribution in [2.24, 2.45) is 0 Å². The lowest BCUT2D eigenvalue weighted by Gasteiger charge is -2.53. The van der Waals surface area contributed by atoms with Gasteiger partial charge in [-0.25, -0.2) is 0 Å². The number of thioether (sulfide) groups is 1. The largest absolute Gasteiger partial charge is 0.399 e. The minimum atomic E-state index is -3.43. The molecule has 11 atom stereocenters. The number of imide groups is 1. The Morgan fingerprint density at radius 3 is 1.46 bits per heavy atom. The van der Waals surface area contributed by atoms with Crippen LogP contribution in [0.25, 0.3) is 0 Å². The van der Waals surface area contributed by atoms with E-state index in [4.69, 9.17) is 42.3 Å². The zero-order valence-corrected chi connectivity index (χ0v) is 49.1. The van der Waals surface area contributed by atoms with Crippen LogP contribution in [0.15, 0.2) is 241 Å². The van der Waals surface area contributed by atoms with Crippen LogP contribution in [0.3, 0.4) is 0 Å². The molecule has 14 heteroatoms. The molecule has 4 aliphatic rings. The molecule has 0 saturated carbocycles. The van der Waals surface area contributed by atoms with Crippen LogP contribution in [0.2, 0.25) is 5.04 Å². The third-order valence-corrected chi connectivity index (χ3v) is 22.3.